The number of hydrogen-bond acceptors (Lipinski definition) is 4. The first-order chi connectivity index (χ1) is 9.17. The maximum absolute atomic E-state index is 12.2. The summed E-state index contributed by atoms with van der Waals surface area (Å²) in [6.45, 7) is 0.519. The van der Waals surface area contributed by atoms with Gasteiger partial charge in [-0.25, -0.2) is 0 Å². The lowest BCUT2D eigenvalue weighted by Gasteiger charge is -2.30. The Balaban J connectivity index is 2.15. The predicted octanol–water partition coefficient (Wildman–Crippen LogP) is 1.40. The standard InChI is InChI=1S/C14H21NO3S/c1-17-7-8-19(16)13-6-3-10-9-11(18-2)4-5-12(10)14(13)15/h4-5,9,13-14H,3,6-8,15H2,1-2H3. The molecule has 1 aromatic carbocycles. The molecular weight excluding hydrogens is 262 g/mol. The summed E-state index contributed by atoms with van der Waals surface area (Å²) in [5, 5.41) is 0.0241. The minimum absolute atomic E-state index is 0.0241. The molecule has 2 rings (SSSR count). The SMILES string of the molecule is COCCS(=O)C1CCc2cc(OC)ccc2C1N. The zero-order valence-electron chi connectivity index (χ0n) is 11.4. The lowest BCUT2D eigenvalue weighted by atomic mass is 9.87. The highest BCUT2D eigenvalue weighted by Crippen LogP contribution is 2.33. The molecule has 3 unspecified atom stereocenters. The van der Waals surface area contributed by atoms with Crippen LogP contribution >= 0.6 is 0 Å². The lowest BCUT2D eigenvalue weighted by Crippen LogP contribution is -2.36. The van der Waals surface area contributed by atoms with E-state index in [9.17, 15) is 4.21 Å². The van der Waals surface area contributed by atoms with Crippen molar-refractivity contribution in [3.05, 3.63) is 29.3 Å². The molecule has 4 nitrogen and oxygen atoms in total. The van der Waals surface area contributed by atoms with Gasteiger partial charge in [-0.15, -0.1) is 0 Å². The molecule has 3 atom stereocenters. The molecule has 1 aliphatic rings. The normalized spacial score (nSPS) is 23.7. The Bertz CT molecular complexity index is 464. The molecule has 0 fully saturated rings. The van der Waals surface area contributed by atoms with E-state index in [1.54, 1.807) is 14.2 Å². The van der Waals surface area contributed by atoms with E-state index in [0.29, 0.717) is 12.4 Å². The minimum Gasteiger partial charge on any atom is -0.497 e. The van der Waals surface area contributed by atoms with Crippen LogP contribution in [0.4, 0.5) is 0 Å². The molecule has 0 saturated carbocycles. The van der Waals surface area contributed by atoms with Crippen LogP contribution in [0.3, 0.4) is 0 Å². The minimum atomic E-state index is -0.932. The maximum atomic E-state index is 12.2. The van der Waals surface area contributed by atoms with Gasteiger partial charge in [0.05, 0.1) is 19.0 Å². The lowest BCUT2D eigenvalue weighted by molar-refractivity contribution is 0.217. The van der Waals surface area contributed by atoms with Gasteiger partial charge in [-0.05, 0) is 36.1 Å². The van der Waals surface area contributed by atoms with Crippen molar-refractivity contribution in [2.45, 2.75) is 24.1 Å². The summed E-state index contributed by atoms with van der Waals surface area (Å²) in [5.74, 6) is 1.41. The number of aryl methyl sites for hydroxylation is 1. The molecule has 1 aliphatic carbocycles. The van der Waals surface area contributed by atoms with E-state index in [1.165, 1.54) is 5.56 Å². The van der Waals surface area contributed by atoms with Crippen molar-refractivity contribution in [1.82, 2.24) is 0 Å². The zero-order valence-corrected chi connectivity index (χ0v) is 12.2. The van der Waals surface area contributed by atoms with Gasteiger partial charge in [-0.3, -0.25) is 4.21 Å². The van der Waals surface area contributed by atoms with Gasteiger partial charge in [0.25, 0.3) is 0 Å². The van der Waals surface area contributed by atoms with Crippen molar-refractivity contribution >= 4 is 10.8 Å². The number of rotatable bonds is 5. The van der Waals surface area contributed by atoms with Gasteiger partial charge in [-0.2, -0.15) is 0 Å². The van der Waals surface area contributed by atoms with Crippen LogP contribution in [0.5, 0.6) is 5.75 Å². The van der Waals surface area contributed by atoms with Crippen LogP contribution in [0.1, 0.15) is 23.6 Å². The van der Waals surface area contributed by atoms with E-state index in [4.69, 9.17) is 15.2 Å². The smallest absolute Gasteiger partial charge is 0.119 e. The van der Waals surface area contributed by atoms with Gasteiger partial charge >= 0.3 is 0 Å². The average molecular weight is 283 g/mol. The molecule has 0 aliphatic heterocycles. The third-order valence-corrected chi connectivity index (χ3v) is 5.41. The third-order valence-electron chi connectivity index (χ3n) is 3.63. The summed E-state index contributed by atoms with van der Waals surface area (Å²) in [6.07, 6.45) is 1.77. The molecule has 2 N–H and O–H groups in total. The first-order valence-electron chi connectivity index (χ1n) is 6.46. The van der Waals surface area contributed by atoms with Gasteiger partial charge in [0.2, 0.25) is 0 Å². The number of nitrogens with two attached hydrogens (primary N) is 1. The van der Waals surface area contributed by atoms with Crippen LogP contribution in [0.2, 0.25) is 0 Å². The summed E-state index contributed by atoms with van der Waals surface area (Å²) in [4.78, 5) is 0. The fraction of sp³-hybridized carbons (Fsp3) is 0.571. The van der Waals surface area contributed by atoms with Crippen molar-refractivity contribution in [1.29, 1.82) is 0 Å². The van der Waals surface area contributed by atoms with E-state index in [1.807, 2.05) is 18.2 Å². The Hall–Kier alpha value is -0.910. The number of fused-ring (bicyclic) bond motifs is 1. The van der Waals surface area contributed by atoms with Crippen LogP contribution in [-0.2, 0) is 22.0 Å². The van der Waals surface area contributed by atoms with Gasteiger partial charge in [0.1, 0.15) is 5.75 Å². The molecule has 0 saturated heterocycles. The zero-order chi connectivity index (χ0) is 13.8. The third kappa shape index (κ3) is 3.16. The monoisotopic (exact) mass is 283 g/mol. The molecule has 5 heteroatoms. The first-order valence-corrected chi connectivity index (χ1v) is 7.84. The van der Waals surface area contributed by atoms with Gasteiger partial charge in [0.15, 0.2) is 0 Å². The van der Waals surface area contributed by atoms with Crippen molar-refractivity contribution in [3.8, 4) is 5.75 Å². The number of methoxy groups -OCH3 is 2. The molecule has 1 aromatic rings. The van der Waals surface area contributed by atoms with Crippen LogP contribution in [0.15, 0.2) is 18.2 Å². The van der Waals surface area contributed by atoms with Crippen molar-refractivity contribution in [2.24, 2.45) is 5.73 Å². The molecule has 0 amide bonds. The molecular formula is C14H21NO3S. The highest BCUT2D eigenvalue weighted by Gasteiger charge is 2.30. The van der Waals surface area contributed by atoms with E-state index in [2.05, 4.69) is 0 Å². The van der Waals surface area contributed by atoms with Gasteiger partial charge < -0.3 is 15.2 Å². The highest BCUT2D eigenvalue weighted by atomic mass is 32.2. The van der Waals surface area contributed by atoms with Crippen molar-refractivity contribution in [2.75, 3.05) is 26.6 Å². The molecule has 106 valence electrons. The molecule has 0 spiro atoms. The Morgan fingerprint density at radius 2 is 2.21 bits per heavy atom. The van der Waals surface area contributed by atoms with Crippen LogP contribution in [0.25, 0.3) is 0 Å². The fourth-order valence-corrected chi connectivity index (χ4v) is 4.03. The average Bonchev–Trinajstić information content (AvgIpc) is 2.44. The molecule has 0 aromatic heterocycles. The van der Waals surface area contributed by atoms with Crippen molar-refractivity contribution < 1.29 is 13.7 Å². The maximum Gasteiger partial charge on any atom is 0.119 e. The number of hydrogen-bond donors (Lipinski definition) is 1. The number of benzene rings is 1. The van der Waals surface area contributed by atoms with E-state index in [-0.39, 0.29) is 11.3 Å². The van der Waals surface area contributed by atoms with Crippen molar-refractivity contribution in [3.63, 3.8) is 0 Å². The molecule has 0 radical (unpaired) electrons. The van der Waals surface area contributed by atoms with Crippen LogP contribution in [-0.4, -0.2) is 36.0 Å². The summed E-state index contributed by atoms with van der Waals surface area (Å²) in [7, 11) is 2.35. The summed E-state index contributed by atoms with van der Waals surface area (Å²) < 4.78 is 22.4. The molecule has 0 heterocycles. The second kappa shape index (κ2) is 6.50. The Kier molecular flexibility index (Phi) is 4.96. The fourth-order valence-electron chi connectivity index (χ4n) is 2.54. The summed E-state index contributed by atoms with van der Waals surface area (Å²) >= 11 is 0. The Labute approximate surface area is 116 Å². The Morgan fingerprint density at radius 1 is 1.42 bits per heavy atom. The van der Waals surface area contributed by atoms with Crippen LogP contribution in [0, 0.1) is 0 Å². The molecule has 0 bridgehead atoms. The quantitative estimate of drug-likeness (QED) is 0.887. The largest absolute Gasteiger partial charge is 0.497 e. The van der Waals surface area contributed by atoms with Gasteiger partial charge in [-0.1, -0.05) is 6.07 Å². The number of ether oxygens (including phenoxy) is 2. The topological polar surface area (TPSA) is 61.5 Å². The van der Waals surface area contributed by atoms with E-state index >= 15 is 0 Å². The molecule has 19 heavy (non-hydrogen) atoms. The summed E-state index contributed by atoms with van der Waals surface area (Å²) in [6, 6.07) is 5.79. The second-order valence-corrected chi connectivity index (χ2v) is 6.52. The highest BCUT2D eigenvalue weighted by molar-refractivity contribution is 7.85. The van der Waals surface area contributed by atoms with E-state index in [0.717, 1.165) is 24.2 Å². The van der Waals surface area contributed by atoms with Gasteiger partial charge in [0, 0.05) is 29.7 Å². The Morgan fingerprint density at radius 3 is 2.89 bits per heavy atom. The predicted molar refractivity (Wildman–Crippen MR) is 76.9 cm³/mol. The second-order valence-electron chi connectivity index (χ2n) is 4.75. The van der Waals surface area contributed by atoms with E-state index < -0.39 is 10.8 Å². The summed E-state index contributed by atoms with van der Waals surface area (Å²) in [5.41, 5.74) is 8.59. The van der Waals surface area contributed by atoms with Crippen LogP contribution < -0.4 is 10.5 Å². The first kappa shape index (κ1) is 14.5.